The molecule has 5 rings (SSSR count). The first-order valence-electron chi connectivity index (χ1n) is 9.73. The summed E-state index contributed by atoms with van der Waals surface area (Å²) in [5, 5.41) is 4.15. The van der Waals surface area contributed by atoms with E-state index in [1.54, 1.807) is 12.4 Å². The summed E-state index contributed by atoms with van der Waals surface area (Å²) in [6.45, 7) is 4.17. The molecule has 30 heavy (non-hydrogen) atoms. The highest BCUT2D eigenvalue weighted by molar-refractivity contribution is 7.96. The van der Waals surface area contributed by atoms with Crippen LogP contribution in [0.2, 0.25) is 0 Å². The van der Waals surface area contributed by atoms with Crippen molar-refractivity contribution in [2.45, 2.75) is 0 Å². The average Bonchev–Trinajstić information content (AvgIpc) is 3.21. The summed E-state index contributed by atoms with van der Waals surface area (Å²) in [4.78, 5) is 21.3. The van der Waals surface area contributed by atoms with Crippen LogP contribution in [0.25, 0.3) is 21.6 Å². The summed E-state index contributed by atoms with van der Waals surface area (Å²) in [6, 6.07) is 12.1. The van der Waals surface area contributed by atoms with Gasteiger partial charge < -0.3 is 10.2 Å². The Morgan fingerprint density at radius 1 is 0.967 bits per heavy atom. The Morgan fingerprint density at radius 2 is 1.80 bits per heavy atom. The summed E-state index contributed by atoms with van der Waals surface area (Å²) in [5.41, 5.74) is 4.03. The maximum absolute atomic E-state index is 4.77. The zero-order valence-electron chi connectivity index (χ0n) is 16.5. The molecule has 1 N–H and O–H groups in total. The van der Waals surface area contributed by atoms with Crippen LogP contribution in [0.1, 0.15) is 0 Å². The fraction of sp³-hybridized carbons (Fsp3) is 0.238. The number of thiazole rings is 1. The van der Waals surface area contributed by atoms with Gasteiger partial charge in [0.1, 0.15) is 16.2 Å². The topological polar surface area (TPSA) is 70.1 Å². The van der Waals surface area contributed by atoms with Gasteiger partial charge in [-0.05, 0) is 36.6 Å². The van der Waals surface area contributed by atoms with E-state index in [1.807, 2.05) is 42.4 Å². The minimum Gasteiger partial charge on any atom is -0.369 e. The van der Waals surface area contributed by atoms with Crippen LogP contribution < -0.4 is 10.2 Å². The number of rotatable bonds is 5. The van der Waals surface area contributed by atoms with Crippen molar-refractivity contribution in [3.63, 3.8) is 0 Å². The largest absolute Gasteiger partial charge is 0.369 e. The van der Waals surface area contributed by atoms with Crippen molar-refractivity contribution in [1.29, 1.82) is 0 Å². The van der Waals surface area contributed by atoms with E-state index in [9.17, 15) is 0 Å². The quantitative estimate of drug-likeness (QED) is 0.466. The molecular weight excluding hydrogens is 414 g/mol. The molecule has 1 aliphatic heterocycles. The fourth-order valence-electron chi connectivity index (χ4n) is 3.48. The Labute approximate surface area is 183 Å². The summed E-state index contributed by atoms with van der Waals surface area (Å²) in [6.07, 6.45) is 7.55. The molecule has 0 aromatic carbocycles. The lowest BCUT2D eigenvalue weighted by Gasteiger charge is -2.34. The van der Waals surface area contributed by atoms with E-state index in [1.165, 1.54) is 17.0 Å². The van der Waals surface area contributed by atoms with Gasteiger partial charge in [-0.25, -0.2) is 19.3 Å². The van der Waals surface area contributed by atoms with Crippen LogP contribution in [0, 0.1) is 0 Å². The monoisotopic (exact) mass is 435 g/mol. The number of fused-ring (bicyclic) bond motifs is 1. The summed E-state index contributed by atoms with van der Waals surface area (Å²) >= 11 is 3.35. The number of aromatic nitrogens is 4. The van der Waals surface area contributed by atoms with E-state index in [0.29, 0.717) is 0 Å². The highest BCUT2D eigenvalue weighted by atomic mass is 32.2. The summed E-state index contributed by atoms with van der Waals surface area (Å²) in [7, 11) is 0. The molecule has 4 aromatic rings. The van der Waals surface area contributed by atoms with Crippen molar-refractivity contribution in [3.8, 4) is 11.3 Å². The predicted octanol–water partition coefficient (Wildman–Crippen LogP) is 4.29. The molecular formula is C21H21N7S2. The number of hydrogen-bond acceptors (Lipinski definition) is 9. The molecule has 0 unspecified atom stereocenters. The van der Waals surface area contributed by atoms with E-state index in [-0.39, 0.29) is 0 Å². The standard InChI is InChI=1S/C21H21N7S2/c1-29-28-12-10-27(11-13-28)16-6-9-23-19(14-16)26-21-25-18-3-2-17(24-20(18)30-21)15-4-7-22-8-5-15/h2-9,14H,10-13H2,1H3,(H,23,25,26). The second kappa shape index (κ2) is 8.55. The molecule has 0 amide bonds. The maximum Gasteiger partial charge on any atom is 0.190 e. The Morgan fingerprint density at radius 3 is 2.60 bits per heavy atom. The molecule has 1 saturated heterocycles. The smallest absolute Gasteiger partial charge is 0.190 e. The van der Waals surface area contributed by atoms with Crippen molar-refractivity contribution in [3.05, 3.63) is 55.0 Å². The van der Waals surface area contributed by atoms with E-state index < -0.39 is 0 Å². The fourth-order valence-corrected chi connectivity index (χ4v) is 4.85. The molecule has 0 bridgehead atoms. The van der Waals surface area contributed by atoms with Crippen molar-refractivity contribution in [2.24, 2.45) is 0 Å². The highest BCUT2D eigenvalue weighted by Crippen LogP contribution is 2.30. The number of nitrogens with one attached hydrogen (secondary N) is 1. The van der Waals surface area contributed by atoms with Crippen LogP contribution >= 0.6 is 23.3 Å². The Kier molecular flexibility index (Phi) is 5.48. The molecule has 0 aliphatic carbocycles. The molecule has 1 aliphatic rings. The zero-order chi connectivity index (χ0) is 20.3. The van der Waals surface area contributed by atoms with E-state index in [2.05, 4.69) is 47.9 Å². The maximum atomic E-state index is 4.77. The Hall–Kier alpha value is -2.75. The van der Waals surface area contributed by atoms with Gasteiger partial charge in [0.15, 0.2) is 5.13 Å². The van der Waals surface area contributed by atoms with Crippen LogP contribution in [0.4, 0.5) is 16.6 Å². The van der Waals surface area contributed by atoms with Gasteiger partial charge in [-0.3, -0.25) is 4.98 Å². The lowest BCUT2D eigenvalue weighted by Crippen LogP contribution is -2.43. The summed E-state index contributed by atoms with van der Waals surface area (Å²) in [5.74, 6) is 0.799. The molecule has 1 fully saturated rings. The predicted molar refractivity (Wildman–Crippen MR) is 125 cm³/mol. The van der Waals surface area contributed by atoms with Gasteiger partial charge in [0.25, 0.3) is 0 Å². The second-order valence-corrected chi connectivity index (χ2v) is 8.76. The average molecular weight is 436 g/mol. The van der Waals surface area contributed by atoms with E-state index in [0.717, 1.165) is 58.7 Å². The third kappa shape index (κ3) is 4.09. The SMILES string of the molecule is CSN1CCN(c2ccnc(Nc3nc4ccc(-c5ccncc5)nc4s3)c2)CC1. The molecule has 9 heteroatoms. The Balaban J connectivity index is 1.34. The first-order chi connectivity index (χ1) is 14.8. The van der Waals surface area contributed by atoms with Crippen molar-refractivity contribution in [1.82, 2.24) is 24.2 Å². The first kappa shape index (κ1) is 19.2. The molecule has 5 heterocycles. The van der Waals surface area contributed by atoms with Crippen molar-refractivity contribution in [2.75, 3.05) is 42.7 Å². The molecule has 152 valence electrons. The van der Waals surface area contributed by atoms with Gasteiger partial charge in [-0.15, -0.1) is 0 Å². The van der Waals surface area contributed by atoms with E-state index in [4.69, 9.17) is 4.98 Å². The van der Waals surface area contributed by atoms with Gasteiger partial charge in [0.2, 0.25) is 0 Å². The molecule has 7 nitrogen and oxygen atoms in total. The number of pyridine rings is 3. The van der Waals surface area contributed by atoms with Gasteiger partial charge in [-0.2, -0.15) is 0 Å². The summed E-state index contributed by atoms with van der Waals surface area (Å²) < 4.78 is 2.39. The third-order valence-electron chi connectivity index (χ3n) is 5.07. The van der Waals surface area contributed by atoms with Crippen LogP contribution in [0.15, 0.2) is 55.0 Å². The zero-order valence-corrected chi connectivity index (χ0v) is 18.2. The van der Waals surface area contributed by atoms with Gasteiger partial charge in [-0.1, -0.05) is 23.3 Å². The minimum atomic E-state index is 0.793. The van der Waals surface area contributed by atoms with Crippen LogP contribution in [0.3, 0.4) is 0 Å². The van der Waals surface area contributed by atoms with Crippen molar-refractivity contribution < 1.29 is 0 Å². The number of piperazine rings is 1. The van der Waals surface area contributed by atoms with Crippen LogP contribution in [-0.4, -0.2) is 56.7 Å². The highest BCUT2D eigenvalue weighted by Gasteiger charge is 2.17. The molecule has 0 radical (unpaired) electrons. The molecule has 0 spiro atoms. The van der Waals surface area contributed by atoms with Crippen LogP contribution in [-0.2, 0) is 0 Å². The number of anilines is 3. The molecule has 4 aromatic heterocycles. The molecule has 0 atom stereocenters. The first-order valence-corrected chi connectivity index (χ1v) is 11.7. The van der Waals surface area contributed by atoms with Gasteiger partial charge in [0, 0.05) is 62.1 Å². The molecule has 0 saturated carbocycles. The van der Waals surface area contributed by atoms with Crippen LogP contribution in [0.5, 0.6) is 0 Å². The third-order valence-corrected chi connectivity index (χ3v) is 6.83. The Bertz CT molecular complexity index is 1140. The lowest BCUT2D eigenvalue weighted by molar-refractivity contribution is 0.431. The minimum absolute atomic E-state index is 0.793. The second-order valence-electron chi connectivity index (χ2n) is 6.90. The van der Waals surface area contributed by atoms with Crippen molar-refractivity contribution >= 4 is 50.3 Å². The lowest BCUT2D eigenvalue weighted by atomic mass is 10.2. The normalized spacial score (nSPS) is 14.9. The number of hydrogen-bond donors (Lipinski definition) is 1. The number of nitrogens with zero attached hydrogens (tertiary/aromatic N) is 6. The van der Waals surface area contributed by atoms with Gasteiger partial charge >= 0.3 is 0 Å². The van der Waals surface area contributed by atoms with Gasteiger partial charge in [0.05, 0.1) is 5.69 Å². The van der Waals surface area contributed by atoms with E-state index >= 15 is 0 Å².